The van der Waals surface area contributed by atoms with Crippen LogP contribution >= 0.6 is 11.5 Å². The number of nitrogens with zero attached hydrogens (tertiary/aromatic N) is 1. The Labute approximate surface area is 99.9 Å². The van der Waals surface area contributed by atoms with Gasteiger partial charge >= 0.3 is 0 Å². The molecule has 0 radical (unpaired) electrons. The second kappa shape index (κ2) is 5.60. The quantitative estimate of drug-likeness (QED) is 0.825. The first-order chi connectivity index (χ1) is 7.42. The van der Waals surface area contributed by atoms with E-state index in [4.69, 9.17) is 4.74 Å². The molecule has 5 nitrogen and oxygen atoms in total. The van der Waals surface area contributed by atoms with Crippen LogP contribution in [0.25, 0.3) is 0 Å². The van der Waals surface area contributed by atoms with Crippen molar-refractivity contribution in [3.05, 3.63) is 10.9 Å². The SMILES string of the molecule is COc1cc(C(C)NCCS(C)(=O)=O)sn1. The molecule has 0 saturated carbocycles. The summed E-state index contributed by atoms with van der Waals surface area (Å²) < 4.78 is 30.9. The molecule has 0 aliphatic rings. The first kappa shape index (κ1) is 13.4. The van der Waals surface area contributed by atoms with Crippen molar-refractivity contribution in [1.29, 1.82) is 0 Å². The van der Waals surface area contributed by atoms with E-state index in [1.807, 2.05) is 13.0 Å². The molecule has 0 aliphatic heterocycles. The highest BCUT2D eigenvalue weighted by Crippen LogP contribution is 2.22. The zero-order valence-electron chi connectivity index (χ0n) is 9.56. The molecule has 1 aromatic rings. The Bertz CT molecular complexity index is 428. The highest BCUT2D eigenvalue weighted by molar-refractivity contribution is 7.90. The van der Waals surface area contributed by atoms with Crippen molar-refractivity contribution in [2.45, 2.75) is 13.0 Å². The Morgan fingerprint density at radius 3 is 2.81 bits per heavy atom. The summed E-state index contributed by atoms with van der Waals surface area (Å²) in [5.74, 6) is 0.740. The Hall–Kier alpha value is -0.660. The van der Waals surface area contributed by atoms with Crippen molar-refractivity contribution in [3.63, 3.8) is 0 Å². The van der Waals surface area contributed by atoms with Crippen LogP contribution in [0.3, 0.4) is 0 Å². The third-order valence-corrected chi connectivity index (χ3v) is 3.97. The van der Waals surface area contributed by atoms with Gasteiger partial charge in [-0.15, -0.1) is 0 Å². The van der Waals surface area contributed by atoms with Gasteiger partial charge in [0.05, 0.1) is 12.9 Å². The third kappa shape index (κ3) is 4.46. The lowest BCUT2D eigenvalue weighted by Crippen LogP contribution is -2.24. The number of sulfone groups is 1. The fourth-order valence-electron chi connectivity index (χ4n) is 1.13. The Balaban J connectivity index is 2.43. The van der Waals surface area contributed by atoms with Gasteiger partial charge in [0.15, 0.2) is 0 Å². The van der Waals surface area contributed by atoms with E-state index in [1.54, 1.807) is 7.11 Å². The van der Waals surface area contributed by atoms with Crippen LogP contribution in [0.5, 0.6) is 5.88 Å². The van der Waals surface area contributed by atoms with E-state index in [2.05, 4.69) is 9.69 Å². The summed E-state index contributed by atoms with van der Waals surface area (Å²) in [6.07, 6.45) is 1.23. The van der Waals surface area contributed by atoms with Crippen molar-refractivity contribution in [3.8, 4) is 5.88 Å². The summed E-state index contributed by atoms with van der Waals surface area (Å²) in [6, 6.07) is 1.94. The number of hydrogen-bond donors (Lipinski definition) is 1. The summed E-state index contributed by atoms with van der Waals surface area (Å²) in [5.41, 5.74) is 0. The van der Waals surface area contributed by atoms with Crippen LogP contribution in [-0.4, -0.2) is 38.5 Å². The van der Waals surface area contributed by atoms with Gasteiger partial charge in [-0.1, -0.05) is 0 Å². The van der Waals surface area contributed by atoms with Gasteiger partial charge in [-0.3, -0.25) is 0 Å². The Morgan fingerprint density at radius 1 is 1.62 bits per heavy atom. The molecule has 1 unspecified atom stereocenters. The highest BCUT2D eigenvalue weighted by Gasteiger charge is 2.10. The monoisotopic (exact) mass is 264 g/mol. The number of hydrogen-bond acceptors (Lipinski definition) is 6. The maximum atomic E-state index is 10.9. The molecule has 7 heteroatoms. The lowest BCUT2D eigenvalue weighted by Gasteiger charge is -2.10. The smallest absolute Gasteiger partial charge is 0.225 e. The highest BCUT2D eigenvalue weighted by atomic mass is 32.2. The van der Waals surface area contributed by atoms with Crippen LogP contribution in [0.2, 0.25) is 0 Å². The fraction of sp³-hybridized carbons (Fsp3) is 0.667. The summed E-state index contributed by atoms with van der Waals surface area (Å²) in [6.45, 7) is 2.41. The molecule has 1 atom stereocenters. The molecule has 1 N–H and O–H groups in total. The summed E-state index contributed by atoms with van der Waals surface area (Å²) in [5, 5.41) is 3.13. The van der Waals surface area contributed by atoms with Crippen molar-refractivity contribution in [2.75, 3.05) is 25.7 Å². The minimum Gasteiger partial charge on any atom is -0.480 e. The zero-order valence-corrected chi connectivity index (χ0v) is 11.2. The van der Waals surface area contributed by atoms with Crippen LogP contribution in [-0.2, 0) is 9.84 Å². The van der Waals surface area contributed by atoms with E-state index in [1.165, 1.54) is 17.8 Å². The van der Waals surface area contributed by atoms with Crippen LogP contribution < -0.4 is 10.1 Å². The number of methoxy groups -OCH3 is 1. The molecular formula is C9H16N2O3S2. The molecule has 1 rings (SSSR count). The van der Waals surface area contributed by atoms with Crippen LogP contribution in [0, 0.1) is 0 Å². The van der Waals surface area contributed by atoms with Crippen molar-refractivity contribution >= 4 is 21.4 Å². The lowest BCUT2D eigenvalue weighted by atomic mass is 10.3. The van der Waals surface area contributed by atoms with E-state index in [0.717, 1.165) is 4.88 Å². The number of ether oxygens (including phenoxy) is 1. The topological polar surface area (TPSA) is 68.3 Å². The second-order valence-corrected chi connectivity index (χ2v) is 6.67. The lowest BCUT2D eigenvalue weighted by molar-refractivity contribution is 0.402. The molecule has 1 aromatic heterocycles. The van der Waals surface area contributed by atoms with Crippen molar-refractivity contribution in [2.24, 2.45) is 0 Å². The largest absolute Gasteiger partial charge is 0.480 e. The van der Waals surface area contributed by atoms with Gasteiger partial charge in [0.25, 0.3) is 0 Å². The van der Waals surface area contributed by atoms with Gasteiger partial charge in [-0.05, 0) is 18.5 Å². The molecule has 16 heavy (non-hydrogen) atoms. The van der Waals surface area contributed by atoms with Crippen LogP contribution in [0.1, 0.15) is 17.8 Å². The number of nitrogens with one attached hydrogen (secondary N) is 1. The molecule has 0 aromatic carbocycles. The molecule has 0 saturated heterocycles. The first-order valence-corrected chi connectivity index (χ1v) is 7.67. The Kier molecular flexibility index (Phi) is 4.69. The molecule has 0 spiro atoms. The molecule has 0 fully saturated rings. The fourth-order valence-corrected chi connectivity index (χ4v) is 2.34. The molecule has 0 bridgehead atoms. The first-order valence-electron chi connectivity index (χ1n) is 4.84. The van der Waals surface area contributed by atoms with E-state index in [9.17, 15) is 8.42 Å². The van der Waals surface area contributed by atoms with E-state index in [0.29, 0.717) is 12.4 Å². The van der Waals surface area contributed by atoms with Gasteiger partial charge in [-0.25, -0.2) is 8.42 Å². The Morgan fingerprint density at radius 2 is 2.31 bits per heavy atom. The molecule has 0 aliphatic carbocycles. The van der Waals surface area contributed by atoms with Gasteiger partial charge in [0.1, 0.15) is 9.84 Å². The summed E-state index contributed by atoms with van der Waals surface area (Å²) in [7, 11) is -1.33. The molecule has 0 amide bonds. The maximum Gasteiger partial charge on any atom is 0.225 e. The zero-order chi connectivity index (χ0) is 12.2. The van der Waals surface area contributed by atoms with Gasteiger partial charge in [-0.2, -0.15) is 4.37 Å². The van der Waals surface area contributed by atoms with Gasteiger partial charge in [0.2, 0.25) is 5.88 Å². The van der Waals surface area contributed by atoms with Crippen LogP contribution in [0.15, 0.2) is 6.07 Å². The second-order valence-electron chi connectivity index (χ2n) is 3.58. The van der Waals surface area contributed by atoms with E-state index in [-0.39, 0.29) is 11.8 Å². The molecular weight excluding hydrogens is 248 g/mol. The van der Waals surface area contributed by atoms with Gasteiger partial charge < -0.3 is 10.1 Å². The summed E-state index contributed by atoms with van der Waals surface area (Å²) >= 11 is 1.35. The molecule has 92 valence electrons. The van der Waals surface area contributed by atoms with Gasteiger partial charge in [0, 0.05) is 29.8 Å². The minimum absolute atomic E-state index is 0.0862. The van der Waals surface area contributed by atoms with Crippen LogP contribution in [0.4, 0.5) is 0 Å². The van der Waals surface area contributed by atoms with Crippen molar-refractivity contribution in [1.82, 2.24) is 9.69 Å². The van der Waals surface area contributed by atoms with E-state index >= 15 is 0 Å². The summed E-state index contributed by atoms with van der Waals surface area (Å²) in [4.78, 5) is 1.03. The van der Waals surface area contributed by atoms with E-state index < -0.39 is 9.84 Å². The average Bonchev–Trinajstić information content (AvgIpc) is 2.63. The standard InChI is InChI=1S/C9H16N2O3S2/c1-7(10-4-5-16(3,12)13)8-6-9(14-2)11-15-8/h6-7,10H,4-5H2,1-3H3. The third-order valence-electron chi connectivity index (χ3n) is 2.07. The maximum absolute atomic E-state index is 10.9. The number of aromatic nitrogens is 1. The van der Waals surface area contributed by atoms with Crippen molar-refractivity contribution < 1.29 is 13.2 Å². The minimum atomic E-state index is -2.90. The normalized spacial score (nSPS) is 13.7. The molecule has 1 heterocycles. The average molecular weight is 264 g/mol. The predicted octanol–water partition coefficient (Wildman–Crippen LogP) is 0.847. The number of rotatable bonds is 6. The predicted molar refractivity (Wildman–Crippen MR) is 64.8 cm³/mol.